The summed E-state index contributed by atoms with van der Waals surface area (Å²) in [6, 6.07) is 1.14. The topological polar surface area (TPSA) is 102 Å². The van der Waals surface area contributed by atoms with Crippen LogP contribution >= 0.6 is 22.9 Å². The largest absolute Gasteiger partial charge is 0.480 e. The molecule has 4 heterocycles. The van der Waals surface area contributed by atoms with E-state index in [1.165, 1.54) is 24.6 Å². The number of amides is 2. The second-order valence-electron chi connectivity index (χ2n) is 7.36. The third kappa shape index (κ3) is 4.65. The van der Waals surface area contributed by atoms with Gasteiger partial charge in [0, 0.05) is 13.1 Å². The molecule has 1 aliphatic rings. The van der Waals surface area contributed by atoms with E-state index in [9.17, 15) is 4.79 Å². The van der Waals surface area contributed by atoms with E-state index in [-0.39, 0.29) is 12.2 Å². The maximum absolute atomic E-state index is 12.7. The van der Waals surface area contributed by atoms with Gasteiger partial charge in [0.15, 0.2) is 0 Å². The summed E-state index contributed by atoms with van der Waals surface area (Å²) < 4.78 is 10.9. The van der Waals surface area contributed by atoms with Crippen LogP contribution in [0.15, 0.2) is 18.5 Å². The third-order valence-corrected chi connectivity index (χ3v) is 5.90. The summed E-state index contributed by atoms with van der Waals surface area (Å²) in [7, 11) is 1.48. The van der Waals surface area contributed by atoms with E-state index in [4.69, 9.17) is 21.1 Å². The Morgan fingerprint density at radius 2 is 2.00 bits per heavy atom. The van der Waals surface area contributed by atoms with Crippen molar-refractivity contribution in [3.8, 4) is 5.88 Å². The minimum atomic E-state index is -0.438. The lowest BCUT2D eigenvalue weighted by molar-refractivity contribution is -0.00509. The van der Waals surface area contributed by atoms with Crippen LogP contribution in [0.2, 0.25) is 5.02 Å². The second-order valence-corrected chi connectivity index (χ2v) is 8.95. The zero-order valence-electron chi connectivity index (χ0n) is 17.6. The number of nitrogens with one attached hydrogen (secondary N) is 2. The highest BCUT2D eigenvalue weighted by molar-refractivity contribution is 7.18. The molecule has 11 heteroatoms. The van der Waals surface area contributed by atoms with Crippen LogP contribution < -0.4 is 20.3 Å². The number of pyridine rings is 2. The highest BCUT2D eigenvalue weighted by Gasteiger charge is 2.27. The van der Waals surface area contributed by atoms with Gasteiger partial charge in [-0.25, -0.2) is 19.7 Å². The molecular weight excluding hydrogens is 440 g/mol. The number of morpholine rings is 1. The van der Waals surface area contributed by atoms with Crippen molar-refractivity contribution in [2.24, 2.45) is 0 Å². The van der Waals surface area contributed by atoms with E-state index < -0.39 is 6.03 Å². The lowest BCUT2D eigenvalue weighted by Gasteiger charge is -2.37. The predicted octanol–water partition coefficient (Wildman–Crippen LogP) is 4.31. The molecule has 1 aliphatic heterocycles. The number of halogens is 1. The average molecular weight is 463 g/mol. The predicted molar refractivity (Wildman–Crippen MR) is 123 cm³/mol. The van der Waals surface area contributed by atoms with E-state index in [0.717, 1.165) is 21.0 Å². The number of aryl methyl sites for hydroxylation is 1. The maximum Gasteiger partial charge on any atom is 0.323 e. The van der Waals surface area contributed by atoms with Gasteiger partial charge in [-0.1, -0.05) is 22.9 Å². The summed E-state index contributed by atoms with van der Waals surface area (Å²) in [4.78, 5) is 29.0. The number of fused-ring (bicyclic) bond motifs is 1. The molecule has 0 spiro atoms. The molecule has 0 radical (unpaired) electrons. The number of methoxy groups -OCH3 is 1. The van der Waals surface area contributed by atoms with Crippen molar-refractivity contribution in [3.63, 3.8) is 0 Å². The van der Waals surface area contributed by atoms with Gasteiger partial charge >= 0.3 is 6.03 Å². The molecule has 1 saturated heterocycles. The molecule has 31 heavy (non-hydrogen) atoms. The number of ether oxygens (including phenoxy) is 2. The van der Waals surface area contributed by atoms with Gasteiger partial charge in [0.2, 0.25) is 5.88 Å². The van der Waals surface area contributed by atoms with Crippen LogP contribution in [0.5, 0.6) is 5.88 Å². The van der Waals surface area contributed by atoms with Crippen LogP contribution in [-0.2, 0) is 4.74 Å². The standard InChI is InChI=1S/C20H23ClN6O3S/c1-10-8-27(9-11(2)30-10)17-15(7-23-19-16(17)24-12(3)31-19)26-20(28)25-13-5-14(21)18(29-4)22-6-13/h5-7,10-11H,8-9H2,1-4H3,(H2,25,26,28). The highest BCUT2D eigenvalue weighted by Crippen LogP contribution is 2.37. The van der Waals surface area contributed by atoms with Crippen LogP contribution in [0, 0.1) is 6.92 Å². The molecule has 1 fully saturated rings. The van der Waals surface area contributed by atoms with Crippen LogP contribution in [0.25, 0.3) is 10.3 Å². The molecule has 0 bridgehead atoms. The van der Waals surface area contributed by atoms with Crippen molar-refractivity contribution in [1.29, 1.82) is 0 Å². The lowest BCUT2D eigenvalue weighted by atomic mass is 10.2. The summed E-state index contributed by atoms with van der Waals surface area (Å²) in [5.41, 5.74) is 2.63. The molecule has 2 amide bonds. The van der Waals surface area contributed by atoms with E-state index in [1.54, 1.807) is 12.3 Å². The van der Waals surface area contributed by atoms with E-state index >= 15 is 0 Å². The Labute approximate surface area is 188 Å². The van der Waals surface area contributed by atoms with Crippen LogP contribution in [0.4, 0.5) is 21.9 Å². The molecule has 2 atom stereocenters. The number of anilines is 3. The number of hydrogen-bond acceptors (Lipinski definition) is 8. The molecule has 9 nitrogen and oxygen atoms in total. The number of hydrogen-bond donors (Lipinski definition) is 2. The maximum atomic E-state index is 12.7. The summed E-state index contributed by atoms with van der Waals surface area (Å²) in [6.07, 6.45) is 3.25. The van der Waals surface area contributed by atoms with E-state index in [2.05, 4.69) is 30.5 Å². The van der Waals surface area contributed by atoms with Gasteiger partial charge in [-0.15, -0.1) is 0 Å². The van der Waals surface area contributed by atoms with Gasteiger partial charge in [-0.3, -0.25) is 0 Å². The number of rotatable bonds is 4. The van der Waals surface area contributed by atoms with Crippen molar-refractivity contribution >= 4 is 56.4 Å². The number of carbonyl (C=O) groups excluding carboxylic acids is 1. The fourth-order valence-corrected chi connectivity index (χ4v) is 4.68. The Bertz CT molecular complexity index is 1110. The first-order chi connectivity index (χ1) is 14.8. The van der Waals surface area contributed by atoms with Crippen molar-refractivity contribution < 1.29 is 14.3 Å². The second kappa shape index (κ2) is 8.81. The average Bonchev–Trinajstić information content (AvgIpc) is 3.07. The number of thiazole rings is 1. The van der Waals surface area contributed by atoms with Crippen molar-refractivity contribution in [2.75, 3.05) is 35.7 Å². The molecule has 0 aromatic carbocycles. The first-order valence-corrected chi connectivity index (χ1v) is 11.0. The smallest absolute Gasteiger partial charge is 0.323 e. The molecule has 0 aliphatic carbocycles. The van der Waals surface area contributed by atoms with E-state index in [0.29, 0.717) is 35.4 Å². The Kier molecular flexibility index (Phi) is 6.12. The number of nitrogens with zero attached hydrogens (tertiary/aromatic N) is 4. The summed E-state index contributed by atoms with van der Waals surface area (Å²) in [6.45, 7) is 7.39. The van der Waals surface area contributed by atoms with E-state index in [1.807, 2.05) is 20.8 Å². The van der Waals surface area contributed by atoms with Crippen molar-refractivity contribution in [2.45, 2.75) is 33.0 Å². The first kappa shape index (κ1) is 21.5. The molecule has 3 aromatic rings. The monoisotopic (exact) mass is 462 g/mol. The fourth-order valence-electron chi connectivity index (χ4n) is 3.67. The summed E-state index contributed by atoms with van der Waals surface area (Å²) in [5, 5.41) is 6.86. The minimum Gasteiger partial charge on any atom is -0.480 e. The summed E-state index contributed by atoms with van der Waals surface area (Å²) in [5.74, 6) is 0.291. The molecule has 4 rings (SSSR count). The van der Waals surface area contributed by atoms with Gasteiger partial charge < -0.3 is 25.0 Å². The number of urea groups is 1. The molecule has 2 unspecified atom stereocenters. The Hall–Kier alpha value is -2.69. The zero-order chi connectivity index (χ0) is 22.1. The number of carbonyl (C=O) groups is 1. The van der Waals surface area contributed by atoms with Crippen molar-refractivity contribution in [3.05, 3.63) is 28.5 Å². The van der Waals surface area contributed by atoms with Crippen LogP contribution in [-0.4, -0.2) is 53.4 Å². The Morgan fingerprint density at radius 1 is 1.26 bits per heavy atom. The SMILES string of the molecule is COc1ncc(NC(=O)Nc2cnc3sc(C)nc3c2N2CC(C)OC(C)C2)cc1Cl. The van der Waals surface area contributed by atoms with Gasteiger partial charge in [0.1, 0.15) is 15.4 Å². The lowest BCUT2D eigenvalue weighted by Crippen LogP contribution is -2.46. The quantitative estimate of drug-likeness (QED) is 0.595. The Morgan fingerprint density at radius 3 is 2.68 bits per heavy atom. The first-order valence-electron chi connectivity index (χ1n) is 9.78. The number of aromatic nitrogens is 3. The zero-order valence-corrected chi connectivity index (χ0v) is 19.2. The Balaban J connectivity index is 1.63. The van der Waals surface area contributed by atoms with Gasteiger partial charge in [-0.05, 0) is 26.8 Å². The fraction of sp³-hybridized carbons (Fsp3) is 0.400. The third-order valence-electron chi connectivity index (χ3n) is 4.75. The molecule has 0 saturated carbocycles. The van der Waals surface area contributed by atoms with Crippen molar-refractivity contribution in [1.82, 2.24) is 15.0 Å². The molecule has 164 valence electrons. The molecule has 3 aromatic heterocycles. The normalized spacial score (nSPS) is 18.8. The van der Waals surface area contributed by atoms with Crippen LogP contribution in [0.1, 0.15) is 18.9 Å². The highest BCUT2D eigenvalue weighted by atomic mass is 35.5. The van der Waals surface area contributed by atoms with Gasteiger partial charge in [0.05, 0.1) is 53.8 Å². The van der Waals surface area contributed by atoms with Crippen LogP contribution in [0.3, 0.4) is 0 Å². The van der Waals surface area contributed by atoms with Gasteiger partial charge in [0.25, 0.3) is 0 Å². The molecule has 2 N–H and O–H groups in total. The van der Waals surface area contributed by atoms with Gasteiger partial charge in [-0.2, -0.15) is 0 Å². The minimum absolute atomic E-state index is 0.0564. The molecular formula is C20H23ClN6O3S. The summed E-state index contributed by atoms with van der Waals surface area (Å²) >= 11 is 7.62.